The molecule has 0 fully saturated rings. The Morgan fingerprint density at radius 1 is 1.43 bits per heavy atom. The van der Waals surface area contributed by atoms with E-state index in [0.29, 0.717) is 11.7 Å². The smallest absolute Gasteiger partial charge is 0.129 e. The van der Waals surface area contributed by atoms with Gasteiger partial charge in [0.25, 0.3) is 0 Å². The van der Waals surface area contributed by atoms with Gasteiger partial charge in [0.2, 0.25) is 0 Å². The molecule has 14 heavy (non-hydrogen) atoms. The van der Waals surface area contributed by atoms with Crippen molar-refractivity contribution < 1.29 is 0 Å². The van der Waals surface area contributed by atoms with Gasteiger partial charge >= 0.3 is 0 Å². The summed E-state index contributed by atoms with van der Waals surface area (Å²) in [4.78, 5) is 3.93. The van der Waals surface area contributed by atoms with Crippen LogP contribution in [0.3, 0.4) is 0 Å². The highest BCUT2D eigenvalue weighted by Crippen LogP contribution is 2.08. The van der Waals surface area contributed by atoms with Crippen molar-refractivity contribution in [3.05, 3.63) is 23.5 Å². The van der Waals surface area contributed by atoms with Crippen molar-refractivity contribution in [2.75, 3.05) is 18.4 Å². The van der Waals surface area contributed by atoms with Gasteiger partial charge in [-0.2, -0.15) is 0 Å². The maximum atomic E-state index is 5.61. The lowest BCUT2D eigenvalue weighted by molar-refractivity contribution is 0.874. The highest BCUT2D eigenvalue weighted by molar-refractivity contribution is 6.29. The normalized spacial score (nSPS) is 8.86. The van der Waals surface area contributed by atoms with Crippen molar-refractivity contribution in [2.45, 2.75) is 20.3 Å². The second kappa shape index (κ2) is 8.78. The molecule has 0 unspecified atom stereocenters. The average Bonchev–Trinajstić information content (AvgIpc) is 2.24. The molecule has 1 aromatic rings. The summed E-state index contributed by atoms with van der Waals surface area (Å²) in [6, 6.07) is 3.65. The molecule has 1 heterocycles. The van der Waals surface area contributed by atoms with E-state index in [9.17, 15) is 0 Å². The zero-order valence-corrected chi connectivity index (χ0v) is 9.51. The number of hydrogen-bond donors (Lipinski definition) is 2. The number of nitrogens with two attached hydrogens (primary N) is 1. The SMILES string of the molecule is CC.NCCCNc1ccc(Cl)nc1. The molecule has 0 saturated carbocycles. The van der Waals surface area contributed by atoms with E-state index < -0.39 is 0 Å². The van der Waals surface area contributed by atoms with Crippen LogP contribution in [0.2, 0.25) is 5.15 Å². The van der Waals surface area contributed by atoms with Gasteiger partial charge in [0.05, 0.1) is 11.9 Å². The Labute approximate surface area is 90.7 Å². The first-order valence-corrected chi connectivity index (χ1v) is 5.26. The van der Waals surface area contributed by atoms with Crippen molar-refractivity contribution in [1.29, 1.82) is 0 Å². The minimum absolute atomic E-state index is 0.513. The summed E-state index contributed by atoms with van der Waals surface area (Å²) >= 11 is 5.61. The predicted octanol–water partition coefficient (Wildman–Crippen LogP) is 2.52. The average molecular weight is 216 g/mol. The van der Waals surface area contributed by atoms with Crippen LogP contribution < -0.4 is 11.1 Å². The van der Waals surface area contributed by atoms with Gasteiger partial charge in [-0.3, -0.25) is 0 Å². The Bertz CT molecular complexity index is 223. The van der Waals surface area contributed by atoms with Gasteiger partial charge in [-0.1, -0.05) is 25.4 Å². The first kappa shape index (κ1) is 13.2. The van der Waals surface area contributed by atoms with Crippen LogP contribution in [0, 0.1) is 0 Å². The molecule has 4 heteroatoms. The Morgan fingerprint density at radius 2 is 2.14 bits per heavy atom. The Morgan fingerprint density at radius 3 is 2.64 bits per heavy atom. The Balaban J connectivity index is 0.000000791. The van der Waals surface area contributed by atoms with E-state index in [0.717, 1.165) is 18.7 Å². The van der Waals surface area contributed by atoms with Crippen molar-refractivity contribution in [3.8, 4) is 0 Å². The van der Waals surface area contributed by atoms with E-state index in [1.165, 1.54) is 0 Å². The Hall–Kier alpha value is -0.800. The second-order valence-corrected chi connectivity index (χ2v) is 2.83. The van der Waals surface area contributed by atoms with Crippen LogP contribution in [0.25, 0.3) is 0 Å². The summed E-state index contributed by atoms with van der Waals surface area (Å²) in [7, 11) is 0. The fourth-order valence-corrected chi connectivity index (χ4v) is 0.927. The fourth-order valence-electron chi connectivity index (χ4n) is 0.815. The minimum atomic E-state index is 0.513. The van der Waals surface area contributed by atoms with Crippen molar-refractivity contribution in [2.24, 2.45) is 5.73 Å². The number of nitrogens with zero attached hydrogens (tertiary/aromatic N) is 1. The molecule has 1 aromatic heterocycles. The minimum Gasteiger partial charge on any atom is -0.384 e. The van der Waals surface area contributed by atoms with Gasteiger partial charge in [0, 0.05) is 6.54 Å². The summed E-state index contributed by atoms with van der Waals surface area (Å²) in [5, 5.41) is 3.68. The Kier molecular flexibility index (Phi) is 8.28. The van der Waals surface area contributed by atoms with Gasteiger partial charge in [-0.25, -0.2) is 4.98 Å². The van der Waals surface area contributed by atoms with Crippen molar-refractivity contribution in [1.82, 2.24) is 4.98 Å². The second-order valence-electron chi connectivity index (χ2n) is 2.44. The molecule has 3 N–H and O–H groups in total. The highest BCUT2D eigenvalue weighted by atomic mass is 35.5. The number of nitrogens with one attached hydrogen (secondary N) is 1. The van der Waals surface area contributed by atoms with Gasteiger partial charge in [-0.05, 0) is 25.1 Å². The van der Waals surface area contributed by atoms with Crippen molar-refractivity contribution >= 4 is 17.3 Å². The van der Waals surface area contributed by atoms with Gasteiger partial charge in [0.15, 0.2) is 0 Å². The molecule has 0 bridgehead atoms. The van der Waals surface area contributed by atoms with E-state index in [4.69, 9.17) is 17.3 Å². The van der Waals surface area contributed by atoms with Gasteiger partial charge in [0.1, 0.15) is 5.15 Å². The molecular weight excluding hydrogens is 198 g/mol. The lowest BCUT2D eigenvalue weighted by Gasteiger charge is -2.03. The molecule has 0 atom stereocenters. The van der Waals surface area contributed by atoms with E-state index in [1.54, 1.807) is 12.3 Å². The summed E-state index contributed by atoms with van der Waals surface area (Å²) in [5.74, 6) is 0. The lowest BCUT2D eigenvalue weighted by atomic mass is 10.4. The van der Waals surface area contributed by atoms with E-state index >= 15 is 0 Å². The van der Waals surface area contributed by atoms with Crippen molar-refractivity contribution in [3.63, 3.8) is 0 Å². The van der Waals surface area contributed by atoms with Gasteiger partial charge in [-0.15, -0.1) is 0 Å². The predicted molar refractivity (Wildman–Crippen MR) is 62.8 cm³/mol. The third-order valence-corrected chi connectivity index (χ3v) is 1.66. The summed E-state index contributed by atoms with van der Waals surface area (Å²) in [6.07, 6.45) is 2.67. The highest BCUT2D eigenvalue weighted by Gasteiger charge is 1.91. The molecule has 0 aliphatic heterocycles. The van der Waals surface area contributed by atoms with Crippen LogP contribution in [0.15, 0.2) is 18.3 Å². The monoisotopic (exact) mass is 215 g/mol. The fraction of sp³-hybridized carbons (Fsp3) is 0.500. The summed E-state index contributed by atoms with van der Waals surface area (Å²) in [6.45, 7) is 5.58. The molecule has 0 aromatic carbocycles. The summed E-state index contributed by atoms with van der Waals surface area (Å²) < 4.78 is 0. The lowest BCUT2D eigenvalue weighted by Crippen LogP contribution is -2.08. The third kappa shape index (κ3) is 5.78. The number of aromatic nitrogens is 1. The topological polar surface area (TPSA) is 50.9 Å². The third-order valence-electron chi connectivity index (χ3n) is 1.44. The summed E-state index contributed by atoms with van der Waals surface area (Å²) in [5.41, 5.74) is 6.32. The van der Waals surface area contributed by atoms with Crippen LogP contribution in [0.1, 0.15) is 20.3 Å². The number of anilines is 1. The van der Waals surface area contributed by atoms with E-state index in [2.05, 4.69) is 10.3 Å². The van der Waals surface area contributed by atoms with Crippen LogP contribution in [0.4, 0.5) is 5.69 Å². The largest absolute Gasteiger partial charge is 0.384 e. The van der Waals surface area contributed by atoms with E-state index in [-0.39, 0.29) is 0 Å². The van der Waals surface area contributed by atoms with Crippen LogP contribution in [0.5, 0.6) is 0 Å². The van der Waals surface area contributed by atoms with Crippen LogP contribution in [-0.4, -0.2) is 18.1 Å². The standard InChI is InChI=1S/C8H12ClN3.C2H6/c9-8-3-2-7(6-12-8)11-5-1-4-10;1-2/h2-3,6,11H,1,4-5,10H2;1-2H3. The maximum Gasteiger partial charge on any atom is 0.129 e. The molecule has 1 rings (SSSR count). The molecule has 0 radical (unpaired) electrons. The number of pyridine rings is 1. The van der Waals surface area contributed by atoms with E-state index in [1.807, 2.05) is 19.9 Å². The molecular formula is C10H18ClN3. The number of halogens is 1. The molecule has 0 saturated heterocycles. The van der Waals surface area contributed by atoms with Crippen LogP contribution in [-0.2, 0) is 0 Å². The molecule has 80 valence electrons. The molecule has 0 amide bonds. The molecule has 0 aliphatic rings. The molecule has 0 spiro atoms. The van der Waals surface area contributed by atoms with Gasteiger partial charge < -0.3 is 11.1 Å². The molecule has 3 nitrogen and oxygen atoms in total. The zero-order valence-electron chi connectivity index (χ0n) is 8.76. The first-order chi connectivity index (χ1) is 6.83. The number of hydrogen-bond acceptors (Lipinski definition) is 3. The molecule has 0 aliphatic carbocycles. The first-order valence-electron chi connectivity index (χ1n) is 4.88. The quantitative estimate of drug-likeness (QED) is 0.600. The maximum absolute atomic E-state index is 5.61. The zero-order chi connectivity index (χ0) is 10.8. The van der Waals surface area contributed by atoms with Crippen LogP contribution >= 0.6 is 11.6 Å². The number of rotatable bonds is 4.